The van der Waals surface area contributed by atoms with Gasteiger partial charge in [-0.15, -0.1) is 0 Å². The highest BCUT2D eigenvalue weighted by Gasteiger charge is 2.45. The standard InChI is InChI=1S/C19H28N2O5/c1-18(2)12-25-19(3,4)26-15(18)17(24)20-11-10-14(22)16(23)21-13-8-6-5-7-9-13/h5-9,14-15,22H,10-12H2,1-4H3,(H,20,24)(H,21,23)/t14-,15-/m0/s1. The zero-order chi connectivity index (χ0) is 19.4. The van der Waals surface area contributed by atoms with Gasteiger partial charge >= 0.3 is 0 Å². The molecule has 0 aliphatic carbocycles. The molecule has 1 heterocycles. The summed E-state index contributed by atoms with van der Waals surface area (Å²) in [6, 6.07) is 8.89. The number of hydrogen-bond donors (Lipinski definition) is 3. The highest BCUT2D eigenvalue weighted by molar-refractivity contribution is 5.93. The van der Waals surface area contributed by atoms with Gasteiger partial charge in [0, 0.05) is 17.6 Å². The Hall–Kier alpha value is -1.96. The van der Waals surface area contributed by atoms with Gasteiger partial charge in [0.1, 0.15) is 12.2 Å². The minimum atomic E-state index is -1.21. The van der Waals surface area contributed by atoms with Crippen molar-refractivity contribution in [1.82, 2.24) is 5.32 Å². The number of rotatable bonds is 6. The predicted molar refractivity (Wildman–Crippen MR) is 97.4 cm³/mol. The number of ether oxygens (including phenoxy) is 2. The van der Waals surface area contributed by atoms with Gasteiger partial charge in [-0.1, -0.05) is 32.0 Å². The smallest absolute Gasteiger partial charge is 0.253 e. The summed E-state index contributed by atoms with van der Waals surface area (Å²) < 4.78 is 11.4. The minimum Gasteiger partial charge on any atom is -0.383 e. The first kappa shape index (κ1) is 20.4. The summed E-state index contributed by atoms with van der Waals surface area (Å²) in [6.07, 6.45) is -1.77. The summed E-state index contributed by atoms with van der Waals surface area (Å²) in [4.78, 5) is 24.4. The number of para-hydroxylation sites is 1. The Morgan fingerprint density at radius 1 is 1.23 bits per heavy atom. The molecular weight excluding hydrogens is 336 g/mol. The third kappa shape index (κ3) is 5.52. The number of aliphatic hydroxyl groups excluding tert-OH is 1. The molecule has 0 unspecified atom stereocenters. The summed E-state index contributed by atoms with van der Waals surface area (Å²) >= 11 is 0. The highest BCUT2D eigenvalue weighted by Crippen LogP contribution is 2.34. The summed E-state index contributed by atoms with van der Waals surface area (Å²) in [7, 11) is 0. The van der Waals surface area contributed by atoms with E-state index in [1.165, 1.54) is 0 Å². The summed E-state index contributed by atoms with van der Waals surface area (Å²) in [5.74, 6) is -1.61. The fraction of sp³-hybridized carbons (Fsp3) is 0.579. The van der Waals surface area contributed by atoms with E-state index in [9.17, 15) is 14.7 Å². The van der Waals surface area contributed by atoms with Crippen LogP contribution in [-0.2, 0) is 19.1 Å². The third-order valence-electron chi connectivity index (χ3n) is 4.20. The first-order valence-electron chi connectivity index (χ1n) is 8.74. The van der Waals surface area contributed by atoms with Gasteiger partial charge in [-0.2, -0.15) is 0 Å². The van der Waals surface area contributed by atoms with E-state index in [0.29, 0.717) is 12.3 Å². The van der Waals surface area contributed by atoms with E-state index in [-0.39, 0.29) is 18.9 Å². The number of carbonyl (C=O) groups is 2. The number of hydrogen-bond acceptors (Lipinski definition) is 5. The summed E-state index contributed by atoms with van der Waals surface area (Å²) in [6.45, 7) is 7.89. The second kappa shape index (κ2) is 8.16. The zero-order valence-electron chi connectivity index (χ0n) is 15.7. The van der Waals surface area contributed by atoms with E-state index < -0.39 is 29.3 Å². The van der Waals surface area contributed by atoms with E-state index in [2.05, 4.69) is 10.6 Å². The van der Waals surface area contributed by atoms with Crippen molar-refractivity contribution < 1.29 is 24.2 Å². The van der Waals surface area contributed by atoms with Gasteiger partial charge < -0.3 is 25.2 Å². The Balaban J connectivity index is 1.80. The van der Waals surface area contributed by atoms with Crippen LogP contribution in [0, 0.1) is 5.41 Å². The fourth-order valence-corrected chi connectivity index (χ4v) is 2.62. The predicted octanol–water partition coefficient (Wildman–Crippen LogP) is 1.67. The molecule has 1 aromatic rings. The minimum absolute atomic E-state index is 0.109. The number of anilines is 1. The number of carbonyl (C=O) groups excluding carboxylic acids is 2. The molecule has 2 rings (SSSR count). The van der Waals surface area contributed by atoms with Gasteiger partial charge in [0.2, 0.25) is 5.91 Å². The van der Waals surface area contributed by atoms with E-state index >= 15 is 0 Å². The van der Waals surface area contributed by atoms with Crippen molar-refractivity contribution >= 4 is 17.5 Å². The van der Waals surface area contributed by atoms with Crippen LogP contribution >= 0.6 is 0 Å². The lowest BCUT2D eigenvalue weighted by Crippen LogP contribution is -2.56. The molecule has 144 valence electrons. The molecule has 1 saturated heterocycles. The van der Waals surface area contributed by atoms with Crippen LogP contribution in [0.4, 0.5) is 5.69 Å². The molecule has 7 heteroatoms. The Labute approximate surface area is 154 Å². The van der Waals surface area contributed by atoms with Crippen molar-refractivity contribution in [1.29, 1.82) is 0 Å². The van der Waals surface area contributed by atoms with Gasteiger partial charge in [-0.25, -0.2) is 0 Å². The van der Waals surface area contributed by atoms with Gasteiger partial charge in [0.15, 0.2) is 5.79 Å². The molecule has 1 aliphatic rings. The molecule has 0 aromatic heterocycles. The lowest BCUT2D eigenvalue weighted by atomic mass is 9.85. The molecule has 0 bridgehead atoms. The normalized spacial score (nSPS) is 22.3. The molecular formula is C19H28N2O5. The van der Waals surface area contributed by atoms with Crippen LogP contribution in [0.15, 0.2) is 30.3 Å². The van der Waals surface area contributed by atoms with E-state index in [1.54, 1.807) is 38.1 Å². The van der Waals surface area contributed by atoms with Gasteiger partial charge in [0.05, 0.1) is 6.61 Å². The number of aliphatic hydroxyl groups is 1. The molecule has 1 aliphatic heterocycles. The van der Waals surface area contributed by atoms with Crippen LogP contribution in [0.3, 0.4) is 0 Å². The monoisotopic (exact) mass is 364 g/mol. The molecule has 2 amide bonds. The molecule has 3 N–H and O–H groups in total. The Bertz CT molecular complexity index is 630. The maximum atomic E-state index is 12.5. The maximum Gasteiger partial charge on any atom is 0.253 e. The van der Waals surface area contributed by atoms with Crippen molar-refractivity contribution in [3.05, 3.63) is 30.3 Å². The Kier molecular flexibility index (Phi) is 6.39. The van der Waals surface area contributed by atoms with Gasteiger partial charge in [-0.05, 0) is 32.4 Å². The first-order valence-corrected chi connectivity index (χ1v) is 8.74. The molecule has 0 radical (unpaired) electrons. The second-order valence-electron chi connectivity index (χ2n) is 7.63. The molecule has 1 aromatic carbocycles. The lowest BCUT2D eigenvalue weighted by molar-refractivity contribution is -0.304. The van der Waals surface area contributed by atoms with Crippen molar-refractivity contribution in [2.45, 2.75) is 52.1 Å². The fourth-order valence-electron chi connectivity index (χ4n) is 2.62. The average Bonchev–Trinajstić information content (AvgIpc) is 2.58. The largest absolute Gasteiger partial charge is 0.383 e. The number of nitrogens with one attached hydrogen (secondary N) is 2. The van der Waals surface area contributed by atoms with E-state index in [4.69, 9.17) is 9.47 Å². The van der Waals surface area contributed by atoms with Crippen LogP contribution in [0.2, 0.25) is 0 Å². The van der Waals surface area contributed by atoms with E-state index in [0.717, 1.165) is 0 Å². The lowest BCUT2D eigenvalue weighted by Gasteiger charge is -2.44. The SMILES string of the molecule is CC1(C)OCC(C)(C)[C@H](C(=O)NCC[C@H](O)C(=O)Nc2ccccc2)O1. The zero-order valence-corrected chi connectivity index (χ0v) is 15.7. The van der Waals surface area contributed by atoms with Crippen molar-refractivity contribution in [3.8, 4) is 0 Å². The van der Waals surface area contributed by atoms with Crippen molar-refractivity contribution in [3.63, 3.8) is 0 Å². The van der Waals surface area contributed by atoms with Crippen LogP contribution in [0.5, 0.6) is 0 Å². The van der Waals surface area contributed by atoms with Crippen molar-refractivity contribution in [2.24, 2.45) is 5.41 Å². The maximum absolute atomic E-state index is 12.5. The molecule has 26 heavy (non-hydrogen) atoms. The molecule has 7 nitrogen and oxygen atoms in total. The summed E-state index contributed by atoms with van der Waals surface area (Å²) in [5, 5.41) is 15.3. The van der Waals surface area contributed by atoms with Crippen LogP contribution in [-0.4, -0.2) is 48.1 Å². The Morgan fingerprint density at radius 3 is 2.54 bits per heavy atom. The average molecular weight is 364 g/mol. The van der Waals surface area contributed by atoms with E-state index in [1.807, 2.05) is 19.9 Å². The van der Waals surface area contributed by atoms with Crippen LogP contribution in [0.25, 0.3) is 0 Å². The molecule has 0 saturated carbocycles. The number of benzene rings is 1. The summed E-state index contributed by atoms with van der Waals surface area (Å²) in [5.41, 5.74) is 0.142. The van der Waals surface area contributed by atoms with Crippen LogP contribution < -0.4 is 10.6 Å². The third-order valence-corrected chi connectivity index (χ3v) is 4.20. The number of amides is 2. The highest BCUT2D eigenvalue weighted by atomic mass is 16.7. The molecule has 0 spiro atoms. The van der Waals surface area contributed by atoms with Crippen LogP contribution in [0.1, 0.15) is 34.1 Å². The second-order valence-corrected chi connectivity index (χ2v) is 7.63. The molecule has 1 fully saturated rings. The van der Waals surface area contributed by atoms with Gasteiger partial charge in [-0.3, -0.25) is 9.59 Å². The first-order chi connectivity index (χ1) is 12.1. The quantitative estimate of drug-likeness (QED) is 0.713. The Morgan fingerprint density at radius 2 is 1.88 bits per heavy atom. The van der Waals surface area contributed by atoms with Gasteiger partial charge in [0.25, 0.3) is 5.91 Å². The molecule has 2 atom stereocenters. The topological polar surface area (TPSA) is 96.9 Å². The van der Waals surface area contributed by atoms with Crippen molar-refractivity contribution in [2.75, 3.05) is 18.5 Å².